The molecule has 3 N–H and O–H groups in total. The predicted molar refractivity (Wildman–Crippen MR) is 121 cm³/mol. The SMILES string of the molecule is N[C@@]1(C(=O)OCc2ccccc2)C[C@@H](Sc2cn[nH]n2)[C@H]2[C@H](C(=O)OCc3ccccc3)[C@H]21. The van der Waals surface area contributed by atoms with Crippen LogP contribution in [-0.2, 0) is 32.3 Å². The number of H-pyrrole nitrogens is 1. The number of nitrogens with zero attached hydrogens (tertiary/aromatic N) is 2. The molecule has 0 saturated heterocycles. The number of rotatable bonds is 8. The standard InChI is InChI=1S/C24H24N4O4S/c25-24(23(30)32-14-16-9-5-2-6-10-16)11-17(33-18-12-26-28-27-18)19-20(21(19)24)22(29)31-13-15-7-3-1-4-8-15/h1-10,12,17,19-21H,11,13-14,25H2,(H,26,27,28)/t17-,19+,20+,21+,24+/m1/s1. The van der Waals surface area contributed by atoms with Crippen LogP contribution in [0.25, 0.3) is 0 Å². The number of hydrogen-bond acceptors (Lipinski definition) is 8. The summed E-state index contributed by atoms with van der Waals surface area (Å²) < 4.78 is 11.2. The molecule has 2 saturated carbocycles. The highest BCUT2D eigenvalue weighted by atomic mass is 32.2. The van der Waals surface area contributed by atoms with Gasteiger partial charge in [0.1, 0.15) is 23.8 Å². The molecule has 0 bridgehead atoms. The first-order valence-corrected chi connectivity index (χ1v) is 11.7. The Hall–Kier alpha value is -3.17. The summed E-state index contributed by atoms with van der Waals surface area (Å²) in [5.74, 6) is -1.66. The van der Waals surface area contributed by atoms with Crippen LogP contribution in [0.4, 0.5) is 0 Å². The van der Waals surface area contributed by atoms with Crippen molar-refractivity contribution in [2.24, 2.45) is 23.5 Å². The van der Waals surface area contributed by atoms with E-state index in [1.807, 2.05) is 60.7 Å². The summed E-state index contributed by atoms with van der Waals surface area (Å²) in [6.07, 6.45) is 2.02. The molecule has 0 radical (unpaired) electrons. The fourth-order valence-electron chi connectivity index (χ4n) is 4.79. The number of thioether (sulfide) groups is 1. The van der Waals surface area contributed by atoms with Crippen molar-refractivity contribution in [2.75, 3.05) is 0 Å². The smallest absolute Gasteiger partial charge is 0.326 e. The summed E-state index contributed by atoms with van der Waals surface area (Å²) in [5.41, 5.74) is 7.20. The third kappa shape index (κ3) is 4.38. The fraction of sp³-hybridized carbons (Fsp3) is 0.333. The summed E-state index contributed by atoms with van der Waals surface area (Å²) in [5, 5.41) is 11.2. The largest absolute Gasteiger partial charge is 0.461 e. The third-order valence-electron chi connectivity index (χ3n) is 6.39. The van der Waals surface area contributed by atoms with Gasteiger partial charge in [0.05, 0.1) is 12.1 Å². The van der Waals surface area contributed by atoms with E-state index in [-0.39, 0.29) is 36.3 Å². The topological polar surface area (TPSA) is 120 Å². The summed E-state index contributed by atoms with van der Waals surface area (Å²) in [7, 11) is 0. The van der Waals surface area contributed by atoms with Gasteiger partial charge in [0.25, 0.3) is 0 Å². The second-order valence-electron chi connectivity index (χ2n) is 8.49. The molecule has 2 aliphatic rings. The minimum absolute atomic E-state index is 0.0661. The van der Waals surface area contributed by atoms with Gasteiger partial charge in [-0.25, -0.2) is 0 Å². The Morgan fingerprint density at radius 2 is 1.67 bits per heavy atom. The summed E-state index contributed by atoms with van der Waals surface area (Å²) in [6.45, 7) is 0.326. The number of carbonyl (C=O) groups is 2. The minimum atomic E-state index is -1.25. The number of benzene rings is 2. The monoisotopic (exact) mass is 464 g/mol. The molecule has 33 heavy (non-hydrogen) atoms. The Balaban J connectivity index is 1.30. The van der Waals surface area contributed by atoms with Gasteiger partial charge in [-0.05, 0) is 23.5 Å². The molecule has 8 nitrogen and oxygen atoms in total. The summed E-state index contributed by atoms with van der Waals surface area (Å²) in [4.78, 5) is 26.1. The van der Waals surface area contributed by atoms with E-state index in [0.29, 0.717) is 11.4 Å². The number of esters is 2. The molecular formula is C24H24N4O4S. The van der Waals surface area contributed by atoms with Crippen LogP contribution in [0.15, 0.2) is 71.9 Å². The van der Waals surface area contributed by atoms with E-state index in [9.17, 15) is 9.59 Å². The van der Waals surface area contributed by atoms with E-state index in [1.54, 1.807) is 6.20 Å². The Morgan fingerprint density at radius 3 is 2.27 bits per heavy atom. The van der Waals surface area contributed by atoms with Gasteiger partial charge in [0.15, 0.2) is 0 Å². The number of nitrogens with two attached hydrogens (primary N) is 1. The third-order valence-corrected chi connectivity index (χ3v) is 7.61. The molecule has 1 heterocycles. The molecule has 9 heteroatoms. The Bertz CT molecular complexity index is 1110. The average Bonchev–Trinajstić information content (AvgIpc) is 3.27. The van der Waals surface area contributed by atoms with Crippen molar-refractivity contribution in [2.45, 2.75) is 35.4 Å². The lowest BCUT2D eigenvalue weighted by atomic mass is 9.91. The van der Waals surface area contributed by atoms with Crippen molar-refractivity contribution in [3.8, 4) is 0 Å². The van der Waals surface area contributed by atoms with E-state index >= 15 is 0 Å². The Labute approximate surface area is 195 Å². The highest BCUT2D eigenvalue weighted by Gasteiger charge is 2.74. The molecule has 0 spiro atoms. The van der Waals surface area contributed by atoms with Crippen molar-refractivity contribution in [1.82, 2.24) is 15.4 Å². The molecule has 2 aromatic carbocycles. The lowest BCUT2D eigenvalue weighted by Gasteiger charge is -2.27. The Morgan fingerprint density at radius 1 is 1.03 bits per heavy atom. The van der Waals surface area contributed by atoms with Crippen molar-refractivity contribution in [1.29, 1.82) is 0 Å². The zero-order chi connectivity index (χ0) is 22.8. The van der Waals surface area contributed by atoms with Gasteiger partial charge >= 0.3 is 11.9 Å². The molecule has 2 fully saturated rings. The van der Waals surface area contributed by atoms with Crippen molar-refractivity contribution in [3.05, 3.63) is 78.0 Å². The maximum atomic E-state index is 13.1. The van der Waals surface area contributed by atoms with Crippen molar-refractivity contribution in [3.63, 3.8) is 0 Å². The number of ether oxygens (including phenoxy) is 2. The molecule has 5 atom stereocenters. The number of nitrogens with one attached hydrogen (secondary N) is 1. The van der Waals surface area contributed by atoms with E-state index in [0.717, 1.165) is 11.1 Å². The maximum absolute atomic E-state index is 13.1. The predicted octanol–water partition coefficient (Wildman–Crippen LogP) is 2.72. The molecule has 2 aliphatic carbocycles. The first kappa shape index (κ1) is 21.7. The highest BCUT2D eigenvalue weighted by Crippen LogP contribution is 2.65. The van der Waals surface area contributed by atoms with Crippen LogP contribution >= 0.6 is 11.8 Å². The number of aromatic nitrogens is 3. The molecule has 0 aliphatic heterocycles. The minimum Gasteiger partial charge on any atom is -0.461 e. The van der Waals surface area contributed by atoms with Gasteiger partial charge in [0, 0.05) is 11.2 Å². The molecule has 0 unspecified atom stereocenters. The second-order valence-corrected chi connectivity index (χ2v) is 9.75. The van der Waals surface area contributed by atoms with Gasteiger partial charge in [-0.15, -0.1) is 5.10 Å². The number of fused-ring (bicyclic) bond motifs is 1. The molecule has 5 rings (SSSR count). The van der Waals surface area contributed by atoms with E-state index in [1.165, 1.54) is 11.8 Å². The maximum Gasteiger partial charge on any atom is 0.326 e. The van der Waals surface area contributed by atoms with Gasteiger partial charge in [-0.1, -0.05) is 72.4 Å². The van der Waals surface area contributed by atoms with Crippen molar-refractivity contribution < 1.29 is 19.1 Å². The quantitative estimate of drug-likeness (QED) is 0.488. The van der Waals surface area contributed by atoms with Crippen LogP contribution in [-0.4, -0.2) is 38.1 Å². The number of carbonyl (C=O) groups excluding carboxylic acids is 2. The normalized spacial score (nSPS) is 27.5. The van der Waals surface area contributed by atoms with Gasteiger partial charge in [0.2, 0.25) is 0 Å². The molecule has 170 valence electrons. The average molecular weight is 465 g/mol. The highest BCUT2D eigenvalue weighted by molar-refractivity contribution is 7.99. The summed E-state index contributed by atoms with van der Waals surface area (Å²) in [6, 6.07) is 19.0. The van der Waals surface area contributed by atoms with Gasteiger partial charge < -0.3 is 15.2 Å². The second kappa shape index (κ2) is 8.99. The number of aromatic amines is 1. The molecule has 0 amide bonds. The van der Waals surface area contributed by atoms with Gasteiger partial charge in [-0.2, -0.15) is 10.3 Å². The van der Waals surface area contributed by atoms with Crippen LogP contribution in [0.2, 0.25) is 0 Å². The van der Waals surface area contributed by atoms with Crippen LogP contribution in [0.1, 0.15) is 17.5 Å². The lowest BCUT2D eigenvalue weighted by molar-refractivity contribution is -0.153. The first-order valence-electron chi connectivity index (χ1n) is 10.8. The van der Waals surface area contributed by atoms with Crippen LogP contribution < -0.4 is 5.73 Å². The van der Waals surface area contributed by atoms with Gasteiger partial charge in [-0.3, -0.25) is 9.59 Å². The van der Waals surface area contributed by atoms with Crippen molar-refractivity contribution >= 4 is 23.7 Å². The zero-order valence-corrected chi connectivity index (χ0v) is 18.6. The van der Waals surface area contributed by atoms with E-state index in [4.69, 9.17) is 15.2 Å². The molecule has 3 aromatic rings. The van der Waals surface area contributed by atoms with E-state index < -0.39 is 17.4 Å². The number of hydrogen-bond donors (Lipinski definition) is 2. The van der Waals surface area contributed by atoms with Crippen LogP contribution in [0.3, 0.4) is 0 Å². The Kier molecular flexibility index (Phi) is 5.90. The molecular weight excluding hydrogens is 440 g/mol. The van der Waals surface area contributed by atoms with E-state index in [2.05, 4.69) is 15.4 Å². The summed E-state index contributed by atoms with van der Waals surface area (Å²) >= 11 is 1.48. The fourth-order valence-corrected chi connectivity index (χ4v) is 6.17. The molecule has 1 aromatic heterocycles. The van der Waals surface area contributed by atoms with Crippen LogP contribution in [0.5, 0.6) is 0 Å². The zero-order valence-electron chi connectivity index (χ0n) is 17.8. The van der Waals surface area contributed by atoms with Crippen LogP contribution in [0, 0.1) is 17.8 Å². The first-order chi connectivity index (χ1) is 16.1. The lowest BCUT2D eigenvalue weighted by Crippen LogP contribution is -2.51.